The molecule has 2 bridgehead atoms. The molecule has 37 heavy (non-hydrogen) atoms. The van der Waals surface area contributed by atoms with Gasteiger partial charge in [-0.2, -0.15) is 0 Å². The van der Waals surface area contributed by atoms with Gasteiger partial charge in [0, 0.05) is 24.7 Å². The van der Waals surface area contributed by atoms with Gasteiger partial charge >= 0.3 is 6.03 Å². The average Bonchev–Trinajstić information content (AvgIpc) is 3.15. The third kappa shape index (κ3) is 5.71. The maximum atomic E-state index is 14.0. The summed E-state index contributed by atoms with van der Waals surface area (Å²) in [7, 11) is 0. The molecule has 1 aromatic heterocycles. The van der Waals surface area contributed by atoms with Crippen LogP contribution in [0.5, 0.6) is 11.6 Å². The van der Waals surface area contributed by atoms with Crippen molar-refractivity contribution in [3.8, 4) is 11.6 Å². The minimum Gasteiger partial charge on any atom is -0.438 e. The molecule has 2 aromatic carbocycles. The Balaban J connectivity index is 1.22. The Morgan fingerprint density at radius 1 is 1.03 bits per heavy atom. The Hall–Kier alpha value is -4.01. The van der Waals surface area contributed by atoms with E-state index >= 15 is 0 Å². The minimum absolute atomic E-state index is 0.0159. The van der Waals surface area contributed by atoms with Crippen molar-refractivity contribution in [3.63, 3.8) is 0 Å². The zero-order chi connectivity index (χ0) is 25.9. The summed E-state index contributed by atoms with van der Waals surface area (Å²) in [6.07, 6.45) is 3.92. The minimum atomic E-state index is -0.670. The maximum Gasteiger partial charge on any atom is 0.318 e. The number of hydrogen-bond acceptors (Lipinski definition) is 4. The molecule has 2 aliphatic rings. The Bertz CT molecular complexity index is 1290. The molecular weight excluding hydrogens is 478 g/mol. The molecule has 3 amide bonds. The van der Waals surface area contributed by atoms with Crippen molar-refractivity contribution in [3.05, 3.63) is 89.1 Å². The van der Waals surface area contributed by atoms with Gasteiger partial charge in [0.2, 0.25) is 5.88 Å². The second-order valence-corrected chi connectivity index (χ2v) is 9.64. The van der Waals surface area contributed by atoms with E-state index in [1.807, 2.05) is 36.1 Å². The molecule has 2 N–H and O–H groups in total. The maximum absolute atomic E-state index is 14.0. The zero-order valence-electron chi connectivity index (χ0n) is 20.4. The number of aryl methyl sites for hydroxylation is 1. The third-order valence-electron chi connectivity index (χ3n) is 6.92. The lowest BCUT2D eigenvalue weighted by Crippen LogP contribution is -2.55. The van der Waals surface area contributed by atoms with Gasteiger partial charge in [-0.3, -0.25) is 4.79 Å². The molecular formula is C28H28F2N4O3. The molecule has 0 radical (unpaired) electrons. The fourth-order valence-corrected chi connectivity index (χ4v) is 5.27. The average molecular weight is 507 g/mol. The largest absolute Gasteiger partial charge is 0.438 e. The number of fused-ring (bicyclic) bond motifs is 2. The van der Waals surface area contributed by atoms with Gasteiger partial charge in [0.1, 0.15) is 22.9 Å². The monoisotopic (exact) mass is 506 g/mol. The Kier molecular flexibility index (Phi) is 7.03. The van der Waals surface area contributed by atoms with E-state index < -0.39 is 17.5 Å². The van der Waals surface area contributed by atoms with Gasteiger partial charge in [-0.25, -0.2) is 18.6 Å². The van der Waals surface area contributed by atoms with Gasteiger partial charge in [-0.05, 0) is 68.5 Å². The molecule has 3 heterocycles. The highest BCUT2D eigenvalue weighted by atomic mass is 19.1. The number of ether oxygens (including phenoxy) is 1. The number of carbonyl (C=O) groups excluding carboxylic acids is 2. The SMILES string of the molecule is Cc1cccc(CNC(=O)N2[C@@H]3CC[C@H]2CC(NC(=O)c2cc(F)cnc2Oc2ccc(F)cc2)C3)c1. The van der Waals surface area contributed by atoms with Gasteiger partial charge in [0.25, 0.3) is 5.91 Å². The van der Waals surface area contributed by atoms with E-state index in [9.17, 15) is 18.4 Å². The highest BCUT2D eigenvalue weighted by Crippen LogP contribution is 2.36. The van der Waals surface area contributed by atoms with Crippen LogP contribution in [0.25, 0.3) is 0 Å². The van der Waals surface area contributed by atoms with Crippen molar-refractivity contribution in [1.29, 1.82) is 0 Å². The van der Waals surface area contributed by atoms with Crippen LogP contribution in [0, 0.1) is 18.6 Å². The molecule has 2 aliphatic heterocycles. The van der Waals surface area contributed by atoms with Gasteiger partial charge in [0.05, 0.1) is 6.20 Å². The standard InChI is InChI=1S/C28H28F2N4O3/c1-17-3-2-4-18(11-17)15-32-28(36)34-22-7-8-23(34)14-21(13-22)33-26(35)25-12-20(30)16-31-27(25)37-24-9-5-19(29)6-10-24/h2-6,9-12,16,21-23H,7-8,13-15H2,1H3,(H,32,36)(H,33,35)/t21?,22-,23+. The zero-order valence-corrected chi connectivity index (χ0v) is 20.4. The van der Waals surface area contributed by atoms with Gasteiger partial charge in [-0.15, -0.1) is 0 Å². The number of benzene rings is 2. The van der Waals surface area contributed by atoms with Crippen LogP contribution in [0.4, 0.5) is 13.6 Å². The van der Waals surface area contributed by atoms with Crippen molar-refractivity contribution in [2.45, 2.75) is 57.3 Å². The smallest absolute Gasteiger partial charge is 0.318 e. The number of urea groups is 1. The lowest BCUT2D eigenvalue weighted by atomic mass is 9.97. The third-order valence-corrected chi connectivity index (χ3v) is 6.92. The first-order valence-corrected chi connectivity index (χ1v) is 12.4. The normalized spacial score (nSPS) is 20.4. The van der Waals surface area contributed by atoms with Crippen molar-refractivity contribution >= 4 is 11.9 Å². The number of halogens is 2. The van der Waals surface area contributed by atoms with Crippen molar-refractivity contribution in [1.82, 2.24) is 20.5 Å². The topological polar surface area (TPSA) is 83.6 Å². The van der Waals surface area contributed by atoms with Crippen LogP contribution in [0.1, 0.15) is 47.2 Å². The first-order chi connectivity index (χ1) is 17.9. The molecule has 192 valence electrons. The van der Waals surface area contributed by atoms with Gasteiger partial charge in [-0.1, -0.05) is 29.8 Å². The molecule has 9 heteroatoms. The van der Waals surface area contributed by atoms with Crippen LogP contribution in [0.2, 0.25) is 0 Å². The predicted molar refractivity (Wildman–Crippen MR) is 133 cm³/mol. The highest BCUT2D eigenvalue weighted by Gasteiger charge is 2.43. The van der Waals surface area contributed by atoms with Crippen LogP contribution in [-0.2, 0) is 6.54 Å². The van der Waals surface area contributed by atoms with E-state index in [2.05, 4.69) is 15.6 Å². The van der Waals surface area contributed by atoms with Crippen LogP contribution < -0.4 is 15.4 Å². The molecule has 3 aromatic rings. The lowest BCUT2D eigenvalue weighted by molar-refractivity contribution is 0.0881. The molecule has 1 unspecified atom stereocenters. The van der Waals surface area contributed by atoms with Crippen LogP contribution in [-0.4, -0.2) is 39.9 Å². The van der Waals surface area contributed by atoms with Crippen LogP contribution in [0.3, 0.4) is 0 Å². The van der Waals surface area contributed by atoms with Crippen molar-refractivity contribution < 1.29 is 23.1 Å². The Labute approximate surface area is 213 Å². The number of piperidine rings is 1. The Morgan fingerprint density at radius 3 is 2.46 bits per heavy atom. The molecule has 0 saturated carbocycles. The molecule has 3 atom stereocenters. The Morgan fingerprint density at radius 2 is 1.76 bits per heavy atom. The summed E-state index contributed by atoms with van der Waals surface area (Å²) in [5, 5.41) is 6.01. The summed E-state index contributed by atoms with van der Waals surface area (Å²) >= 11 is 0. The fourth-order valence-electron chi connectivity index (χ4n) is 5.27. The number of aromatic nitrogens is 1. The van der Waals surface area contributed by atoms with Crippen LogP contribution in [0.15, 0.2) is 60.8 Å². The number of hydrogen-bond donors (Lipinski definition) is 2. The number of rotatable bonds is 6. The molecule has 7 nitrogen and oxygen atoms in total. The lowest BCUT2D eigenvalue weighted by Gasteiger charge is -2.39. The summed E-state index contributed by atoms with van der Waals surface area (Å²) in [6.45, 7) is 2.47. The van der Waals surface area contributed by atoms with Crippen molar-refractivity contribution in [2.24, 2.45) is 0 Å². The number of pyridine rings is 1. The summed E-state index contributed by atoms with van der Waals surface area (Å²) in [6, 6.07) is 14.1. The van der Waals surface area contributed by atoms with Gasteiger partial charge < -0.3 is 20.3 Å². The van der Waals surface area contributed by atoms with E-state index in [0.717, 1.165) is 36.2 Å². The number of nitrogens with zero attached hydrogens (tertiary/aromatic N) is 2. The van der Waals surface area contributed by atoms with Gasteiger partial charge in [0.15, 0.2) is 0 Å². The fraction of sp³-hybridized carbons (Fsp3) is 0.321. The number of carbonyl (C=O) groups is 2. The first-order valence-electron chi connectivity index (χ1n) is 12.4. The summed E-state index contributed by atoms with van der Waals surface area (Å²) in [5.74, 6) is -1.40. The van der Waals surface area contributed by atoms with E-state index in [1.54, 1.807) is 0 Å². The number of amides is 3. The van der Waals surface area contributed by atoms with Crippen LogP contribution >= 0.6 is 0 Å². The van der Waals surface area contributed by atoms with Crippen molar-refractivity contribution in [2.75, 3.05) is 0 Å². The second-order valence-electron chi connectivity index (χ2n) is 9.64. The molecule has 5 rings (SSSR count). The predicted octanol–water partition coefficient (Wildman–Crippen LogP) is 5.10. The summed E-state index contributed by atoms with van der Waals surface area (Å²) < 4.78 is 32.8. The highest BCUT2D eigenvalue weighted by molar-refractivity contribution is 5.96. The molecule has 2 fully saturated rings. The second kappa shape index (κ2) is 10.5. The van der Waals surface area contributed by atoms with E-state index in [-0.39, 0.29) is 41.3 Å². The molecule has 2 saturated heterocycles. The van der Waals surface area contributed by atoms with E-state index in [1.165, 1.54) is 24.3 Å². The first kappa shape index (κ1) is 24.7. The quantitative estimate of drug-likeness (QED) is 0.488. The van der Waals surface area contributed by atoms with E-state index in [4.69, 9.17) is 4.74 Å². The molecule has 0 spiro atoms. The summed E-state index contributed by atoms with van der Waals surface area (Å²) in [5.41, 5.74) is 2.14. The summed E-state index contributed by atoms with van der Waals surface area (Å²) in [4.78, 5) is 31.9. The number of nitrogens with one attached hydrogen (secondary N) is 2. The molecule has 0 aliphatic carbocycles. The van der Waals surface area contributed by atoms with E-state index in [0.29, 0.717) is 19.4 Å².